The lowest BCUT2D eigenvalue weighted by atomic mass is 9.89. The Balaban J connectivity index is 1.46. The molecule has 0 N–H and O–H groups in total. The van der Waals surface area contributed by atoms with Crippen LogP contribution in [0.15, 0.2) is 24.3 Å². The van der Waals surface area contributed by atoms with E-state index in [1.54, 1.807) is 6.07 Å². The van der Waals surface area contributed by atoms with E-state index in [9.17, 15) is 4.39 Å². The third-order valence-electron chi connectivity index (χ3n) is 6.02. The monoisotopic (exact) mass is 396 g/mol. The summed E-state index contributed by atoms with van der Waals surface area (Å²) in [5.41, 5.74) is 2.18. The second-order valence-corrected chi connectivity index (χ2v) is 9.14. The molecule has 0 radical (unpaired) electrons. The van der Waals surface area contributed by atoms with E-state index < -0.39 is 0 Å². The Morgan fingerprint density at radius 1 is 1.07 bits per heavy atom. The molecule has 4 nitrogen and oxygen atoms in total. The number of thiophene rings is 1. The smallest absolute Gasteiger partial charge is 0.146 e. The topological polar surface area (TPSA) is 32.3 Å². The minimum atomic E-state index is -0.141. The number of benzene rings is 1. The number of anilines is 2. The van der Waals surface area contributed by atoms with Crippen LogP contribution < -0.4 is 9.80 Å². The molecule has 146 valence electrons. The second kappa shape index (κ2) is 6.99. The first-order chi connectivity index (χ1) is 13.6. The predicted molar refractivity (Wildman–Crippen MR) is 114 cm³/mol. The molecular formula is C22H25FN4S. The summed E-state index contributed by atoms with van der Waals surface area (Å²) >= 11 is 1.86. The molecule has 2 aromatic heterocycles. The average molecular weight is 397 g/mol. The lowest BCUT2D eigenvalue weighted by Gasteiger charge is -2.37. The van der Waals surface area contributed by atoms with Gasteiger partial charge >= 0.3 is 0 Å². The molecule has 0 unspecified atom stereocenters. The minimum Gasteiger partial charge on any atom is -0.366 e. The number of nitrogens with zero attached hydrogens (tertiary/aromatic N) is 4. The van der Waals surface area contributed by atoms with Gasteiger partial charge in [-0.25, -0.2) is 14.4 Å². The standard InChI is InChI=1S/C22H25FN4S/c1-14-7-8-16-19(13-14)28-22-20(16)21(24-15(2)25-22)27-11-9-26(10-12-27)18-6-4-3-5-17(18)23/h3-6,14H,7-13H2,1-2H3/t14-/m1/s1. The third-order valence-corrected chi connectivity index (χ3v) is 7.17. The zero-order valence-corrected chi connectivity index (χ0v) is 17.2. The number of hydrogen-bond donors (Lipinski definition) is 0. The van der Waals surface area contributed by atoms with Crippen LogP contribution in [0.5, 0.6) is 0 Å². The molecule has 28 heavy (non-hydrogen) atoms. The molecule has 0 amide bonds. The van der Waals surface area contributed by atoms with E-state index >= 15 is 0 Å². The zero-order valence-electron chi connectivity index (χ0n) is 16.4. The summed E-state index contributed by atoms with van der Waals surface area (Å²) in [5.74, 6) is 2.54. The van der Waals surface area contributed by atoms with Gasteiger partial charge in [-0.3, -0.25) is 0 Å². The number of halogens is 1. The molecule has 1 saturated heterocycles. The average Bonchev–Trinajstić information content (AvgIpc) is 3.05. The normalized spacial score (nSPS) is 19.9. The van der Waals surface area contributed by atoms with Gasteiger partial charge in [0, 0.05) is 31.1 Å². The van der Waals surface area contributed by atoms with Crippen molar-refractivity contribution in [2.24, 2.45) is 5.92 Å². The lowest BCUT2D eigenvalue weighted by molar-refractivity contribution is 0.509. The first-order valence-electron chi connectivity index (χ1n) is 10.1. The summed E-state index contributed by atoms with van der Waals surface area (Å²) < 4.78 is 14.2. The van der Waals surface area contributed by atoms with E-state index in [-0.39, 0.29) is 5.82 Å². The third kappa shape index (κ3) is 3.04. The van der Waals surface area contributed by atoms with Crippen molar-refractivity contribution in [2.45, 2.75) is 33.1 Å². The van der Waals surface area contributed by atoms with Crippen LogP contribution in [-0.2, 0) is 12.8 Å². The fourth-order valence-corrected chi connectivity index (χ4v) is 5.95. The van der Waals surface area contributed by atoms with E-state index in [4.69, 9.17) is 9.97 Å². The Morgan fingerprint density at radius 2 is 1.82 bits per heavy atom. The molecule has 2 aliphatic rings. The van der Waals surface area contributed by atoms with Gasteiger partial charge in [0.15, 0.2) is 0 Å². The molecule has 3 aromatic rings. The van der Waals surface area contributed by atoms with Gasteiger partial charge in [-0.15, -0.1) is 11.3 Å². The molecule has 1 aliphatic heterocycles. The summed E-state index contributed by atoms with van der Waals surface area (Å²) in [6.45, 7) is 7.62. The molecule has 0 spiro atoms. The van der Waals surface area contributed by atoms with Crippen LogP contribution in [0.25, 0.3) is 10.2 Å². The largest absolute Gasteiger partial charge is 0.366 e. The zero-order chi connectivity index (χ0) is 19.3. The molecule has 1 aromatic carbocycles. The molecule has 0 saturated carbocycles. The van der Waals surface area contributed by atoms with Gasteiger partial charge < -0.3 is 9.80 Å². The molecule has 1 fully saturated rings. The number of piperazine rings is 1. The van der Waals surface area contributed by atoms with Crippen molar-refractivity contribution in [2.75, 3.05) is 36.0 Å². The van der Waals surface area contributed by atoms with Gasteiger partial charge in [-0.05, 0) is 49.8 Å². The van der Waals surface area contributed by atoms with E-state index in [1.165, 1.54) is 28.3 Å². The molecular weight excluding hydrogens is 371 g/mol. The summed E-state index contributed by atoms with van der Waals surface area (Å²) in [5, 5.41) is 1.27. The number of fused-ring (bicyclic) bond motifs is 3. The molecule has 5 rings (SSSR count). The number of hydrogen-bond acceptors (Lipinski definition) is 5. The Hall–Kier alpha value is -2.21. The van der Waals surface area contributed by atoms with Crippen molar-refractivity contribution in [1.29, 1.82) is 0 Å². The second-order valence-electron chi connectivity index (χ2n) is 8.05. The molecule has 0 bridgehead atoms. The first-order valence-corrected chi connectivity index (χ1v) is 10.9. The maximum atomic E-state index is 14.2. The van der Waals surface area contributed by atoms with Crippen molar-refractivity contribution in [3.05, 3.63) is 46.3 Å². The Kier molecular flexibility index (Phi) is 4.46. The summed E-state index contributed by atoms with van der Waals surface area (Å²) in [6.07, 6.45) is 3.54. The minimum absolute atomic E-state index is 0.141. The highest BCUT2D eigenvalue weighted by atomic mass is 32.1. The van der Waals surface area contributed by atoms with Gasteiger partial charge in [0.05, 0.1) is 11.1 Å². The van der Waals surface area contributed by atoms with Crippen LogP contribution in [0, 0.1) is 18.7 Å². The number of aromatic nitrogens is 2. The number of para-hydroxylation sites is 1. The Bertz CT molecular complexity index is 1020. The predicted octanol–water partition coefficient (Wildman–Crippen LogP) is 4.59. The summed E-state index contributed by atoms with van der Waals surface area (Å²) in [7, 11) is 0. The van der Waals surface area contributed by atoms with E-state index in [1.807, 2.05) is 30.4 Å². The van der Waals surface area contributed by atoms with Crippen molar-refractivity contribution in [1.82, 2.24) is 9.97 Å². The summed E-state index contributed by atoms with van der Waals surface area (Å²) in [4.78, 5) is 16.8. The lowest BCUT2D eigenvalue weighted by Crippen LogP contribution is -2.47. The van der Waals surface area contributed by atoms with Crippen LogP contribution in [0.1, 0.15) is 29.6 Å². The Labute approximate surface area is 169 Å². The van der Waals surface area contributed by atoms with Crippen LogP contribution in [-0.4, -0.2) is 36.1 Å². The van der Waals surface area contributed by atoms with Crippen LogP contribution in [0.4, 0.5) is 15.9 Å². The van der Waals surface area contributed by atoms with Crippen LogP contribution in [0.3, 0.4) is 0 Å². The highest BCUT2D eigenvalue weighted by molar-refractivity contribution is 7.19. The van der Waals surface area contributed by atoms with Crippen LogP contribution in [0.2, 0.25) is 0 Å². The first kappa shape index (κ1) is 17.9. The van der Waals surface area contributed by atoms with E-state index in [0.29, 0.717) is 5.69 Å². The fourth-order valence-electron chi connectivity index (χ4n) is 4.52. The number of aryl methyl sites for hydroxylation is 2. The molecule has 6 heteroatoms. The quantitative estimate of drug-likeness (QED) is 0.634. The van der Waals surface area contributed by atoms with Gasteiger partial charge in [-0.1, -0.05) is 19.1 Å². The van der Waals surface area contributed by atoms with E-state index in [2.05, 4.69) is 16.7 Å². The SMILES string of the molecule is Cc1nc(N2CCN(c3ccccc3F)CC2)c2c3c(sc2n1)C[C@H](C)CC3. The molecule has 3 heterocycles. The van der Waals surface area contributed by atoms with Gasteiger partial charge in [0.25, 0.3) is 0 Å². The van der Waals surface area contributed by atoms with Crippen LogP contribution >= 0.6 is 11.3 Å². The number of rotatable bonds is 2. The molecule has 1 atom stereocenters. The Morgan fingerprint density at radius 3 is 2.61 bits per heavy atom. The van der Waals surface area contributed by atoms with Crippen molar-refractivity contribution < 1.29 is 4.39 Å². The highest BCUT2D eigenvalue weighted by Gasteiger charge is 2.27. The van der Waals surface area contributed by atoms with E-state index in [0.717, 1.165) is 61.4 Å². The maximum absolute atomic E-state index is 14.2. The van der Waals surface area contributed by atoms with Gasteiger partial charge in [0.2, 0.25) is 0 Å². The van der Waals surface area contributed by atoms with Crippen molar-refractivity contribution >= 4 is 33.1 Å². The van der Waals surface area contributed by atoms with Gasteiger partial charge in [-0.2, -0.15) is 0 Å². The van der Waals surface area contributed by atoms with Gasteiger partial charge in [0.1, 0.15) is 22.3 Å². The molecule has 1 aliphatic carbocycles. The summed E-state index contributed by atoms with van der Waals surface area (Å²) in [6, 6.07) is 7.06. The highest BCUT2D eigenvalue weighted by Crippen LogP contribution is 2.41. The van der Waals surface area contributed by atoms with Crippen molar-refractivity contribution in [3.8, 4) is 0 Å². The fraction of sp³-hybridized carbons (Fsp3) is 0.455. The van der Waals surface area contributed by atoms with Crippen molar-refractivity contribution in [3.63, 3.8) is 0 Å². The maximum Gasteiger partial charge on any atom is 0.146 e.